The highest BCUT2D eigenvalue weighted by Crippen LogP contribution is 2.36. The minimum Gasteiger partial charge on any atom is -0.475 e. The van der Waals surface area contributed by atoms with E-state index in [4.69, 9.17) is 15.6 Å². The van der Waals surface area contributed by atoms with E-state index in [1.165, 1.54) is 10.6 Å². The summed E-state index contributed by atoms with van der Waals surface area (Å²) < 4.78 is 76.7. The van der Waals surface area contributed by atoms with Gasteiger partial charge in [0, 0.05) is 18.7 Å². The van der Waals surface area contributed by atoms with Crippen LogP contribution in [0, 0.1) is 0 Å². The summed E-state index contributed by atoms with van der Waals surface area (Å²) >= 11 is 0. The van der Waals surface area contributed by atoms with Crippen molar-refractivity contribution < 1.29 is 41.0 Å². The van der Waals surface area contributed by atoms with Crippen molar-refractivity contribution in [2.24, 2.45) is 5.73 Å². The Morgan fingerprint density at radius 1 is 0.905 bits per heavy atom. The molecule has 0 aliphatic rings. The zero-order valence-corrected chi connectivity index (χ0v) is 22.6. The number of halogens is 6. The van der Waals surface area contributed by atoms with E-state index in [2.05, 4.69) is 4.90 Å². The molecule has 0 unspecified atom stereocenters. The lowest BCUT2D eigenvalue weighted by Crippen LogP contribution is -2.32. The maximum atomic E-state index is 14.2. The number of alkyl halides is 6. The predicted octanol–water partition coefficient (Wildman–Crippen LogP) is 5.10. The molecule has 0 fully saturated rings. The van der Waals surface area contributed by atoms with Crippen molar-refractivity contribution in [3.05, 3.63) is 81.8 Å². The van der Waals surface area contributed by atoms with Crippen LogP contribution in [0.1, 0.15) is 35.3 Å². The minimum atomic E-state index is -5.08. The molecule has 0 bridgehead atoms. The van der Waals surface area contributed by atoms with E-state index in [9.17, 15) is 35.9 Å². The number of aliphatic carboxylic acids is 1. The van der Waals surface area contributed by atoms with Gasteiger partial charge in [0.15, 0.2) is 0 Å². The number of amides is 1. The summed E-state index contributed by atoms with van der Waals surface area (Å²) in [6.07, 6.45) is -9.87. The number of carboxylic acid groups (broad SMARTS) is 1. The normalized spacial score (nSPS) is 12.0. The average molecular weight is 599 g/mol. The van der Waals surface area contributed by atoms with Crippen molar-refractivity contribution in [1.82, 2.24) is 14.0 Å². The Morgan fingerprint density at radius 2 is 1.50 bits per heavy atom. The maximum Gasteiger partial charge on any atom is 0.490 e. The first-order valence-corrected chi connectivity index (χ1v) is 12.7. The molecule has 1 heterocycles. The number of hydrogen-bond acceptors (Lipinski definition) is 4. The minimum absolute atomic E-state index is 0.0442. The molecule has 1 amide bonds. The summed E-state index contributed by atoms with van der Waals surface area (Å²) in [7, 11) is 0. The van der Waals surface area contributed by atoms with Crippen molar-refractivity contribution in [2.45, 2.75) is 39.3 Å². The first-order chi connectivity index (χ1) is 19.6. The quantitative estimate of drug-likeness (QED) is 0.275. The van der Waals surface area contributed by atoms with E-state index in [1.807, 2.05) is 50.2 Å². The number of likely N-dealkylation sites (N-methyl/N-ethyl adjacent to an activating group) is 1. The highest BCUT2D eigenvalue weighted by atomic mass is 19.4. The molecule has 0 saturated carbocycles. The van der Waals surface area contributed by atoms with Crippen LogP contribution in [-0.4, -0.2) is 56.8 Å². The number of rotatable bonds is 8. The Hall–Kier alpha value is -4.33. The van der Waals surface area contributed by atoms with Crippen LogP contribution in [0.25, 0.3) is 21.8 Å². The van der Waals surface area contributed by atoms with Gasteiger partial charge in [0.1, 0.15) is 0 Å². The number of primary amides is 1. The molecule has 3 N–H and O–H groups in total. The molecular weight excluding hydrogens is 570 g/mol. The molecule has 0 saturated heterocycles. The molecule has 3 aromatic carbocycles. The molecule has 4 rings (SSSR count). The van der Waals surface area contributed by atoms with Gasteiger partial charge in [-0.2, -0.15) is 26.3 Å². The second-order valence-corrected chi connectivity index (χ2v) is 9.29. The van der Waals surface area contributed by atoms with Gasteiger partial charge in [-0.15, -0.1) is 0 Å². The predicted molar refractivity (Wildman–Crippen MR) is 144 cm³/mol. The third-order valence-electron chi connectivity index (χ3n) is 6.63. The number of benzene rings is 3. The van der Waals surface area contributed by atoms with Gasteiger partial charge >= 0.3 is 24.0 Å². The van der Waals surface area contributed by atoms with Gasteiger partial charge in [-0.05, 0) is 47.6 Å². The van der Waals surface area contributed by atoms with Crippen molar-refractivity contribution in [3.8, 4) is 0 Å². The van der Waals surface area contributed by atoms with E-state index in [0.29, 0.717) is 12.1 Å². The van der Waals surface area contributed by atoms with Crippen LogP contribution in [0.3, 0.4) is 0 Å². The number of aromatic nitrogens is 2. The van der Waals surface area contributed by atoms with Gasteiger partial charge < -0.3 is 15.7 Å². The van der Waals surface area contributed by atoms with Crippen molar-refractivity contribution in [3.63, 3.8) is 0 Å². The van der Waals surface area contributed by atoms with Crippen molar-refractivity contribution in [1.29, 1.82) is 0 Å². The molecule has 14 heteroatoms. The topological polar surface area (TPSA) is 111 Å². The highest BCUT2D eigenvalue weighted by molar-refractivity contribution is 5.97. The SMILES string of the molecule is CCN(CC)CCn1c(=O)n(Cc2ccc3ccccc3c2)c2c(C(F)(F)F)cc(C(N)=O)cc21.O=C(O)C(F)(F)F. The smallest absolute Gasteiger partial charge is 0.475 e. The summed E-state index contributed by atoms with van der Waals surface area (Å²) in [5, 5.41) is 9.04. The largest absolute Gasteiger partial charge is 0.490 e. The van der Waals surface area contributed by atoms with Crippen LogP contribution in [-0.2, 0) is 24.1 Å². The Balaban J connectivity index is 0.000000616. The monoisotopic (exact) mass is 598 g/mol. The van der Waals surface area contributed by atoms with E-state index in [0.717, 1.165) is 34.5 Å². The summed E-state index contributed by atoms with van der Waals surface area (Å²) in [6, 6.07) is 15.2. The van der Waals surface area contributed by atoms with Gasteiger partial charge in [-0.3, -0.25) is 13.9 Å². The summed E-state index contributed by atoms with van der Waals surface area (Å²) in [6.45, 7) is 6.04. The number of hydrogen-bond donors (Lipinski definition) is 2. The third kappa shape index (κ3) is 7.29. The van der Waals surface area contributed by atoms with E-state index in [-0.39, 0.29) is 29.7 Å². The van der Waals surface area contributed by atoms with Crippen LogP contribution in [0.5, 0.6) is 0 Å². The number of carbonyl (C=O) groups is 2. The zero-order chi connectivity index (χ0) is 31.4. The molecular formula is C28H28F6N4O4. The molecule has 8 nitrogen and oxygen atoms in total. The van der Waals surface area contributed by atoms with E-state index < -0.39 is 35.5 Å². The van der Waals surface area contributed by atoms with Gasteiger partial charge in [-0.1, -0.05) is 50.2 Å². The lowest BCUT2D eigenvalue weighted by molar-refractivity contribution is -0.192. The van der Waals surface area contributed by atoms with Gasteiger partial charge in [0.05, 0.1) is 23.1 Å². The Bertz CT molecular complexity index is 1650. The van der Waals surface area contributed by atoms with Gasteiger partial charge in [0.25, 0.3) is 0 Å². The van der Waals surface area contributed by atoms with Crippen molar-refractivity contribution >= 4 is 33.7 Å². The number of carboxylic acids is 1. The fraction of sp³-hybridized carbons (Fsp3) is 0.321. The van der Waals surface area contributed by atoms with Crippen LogP contribution in [0.2, 0.25) is 0 Å². The molecule has 42 heavy (non-hydrogen) atoms. The van der Waals surface area contributed by atoms with E-state index in [1.54, 1.807) is 6.07 Å². The second kappa shape index (κ2) is 12.7. The highest BCUT2D eigenvalue weighted by Gasteiger charge is 2.38. The number of imidazole rings is 1. The molecule has 0 atom stereocenters. The summed E-state index contributed by atoms with van der Waals surface area (Å²) in [5.41, 5.74) is 3.94. The number of nitrogens with zero attached hydrogens (tertiary/aromatic N) is 3. The first kappa shape index (κ1) is 32.2. The van der Waals surface area contributed by atoms with Crippen LogP contribution in [0.4, 0.5) is 26.3 Å². The standard InChI is InChI=1S/C26H27F3N4O2.C2HF3O2/c1-3-31(4-2)11-12-32-22-15-20(24(30)34)14-21(26(27,28)29)23(22)33(25(32)35)16-17-9-10-18-7-5-6-8-19(18)13-17;3-2(4,5)1(6)7/h5-10,13-15H,3-4,11-12,16H2,1-2H3,(H2,30,34);(H,6,7). The lowest BCUT2D eigenvalue weighted by atomic mass is 10.1. The Morgan fingerprint density at radius 3 is 2.02 bits per heavy atom. The molecule has 0 radical (unpaired) electrons. The van der Waals surface area contributed by atoms with Gasteiger partial charge in [0.2, 0.25) is 5.91 Å². The molecule has 0 aliphatic heterocycles. The first-order valence-electron chi connectivity index (χ1n) is 12.7. The fourth-order valence-electron chi connectivity index (χ4n) is 4.48. The average Bonchev–Trinajstić information content (AvgIpc) is 3.18. The number of nitrogens with two attached hydrogens (primary N) is 1. The zero-order valence-electron chi connectivity index (χ0n) is 22.6. The Kier molecular flexibility index (Phi) is 9.71. The van der Waals surface area contributed by atoms with Gasteiger partial charge in [-0.25, -0.2) is 9.59 Å². The van der Waals surface area contributed by atoms with E-state index >= 15 is 0 Å². The molecule has 0 aliphatic carbocycles. The molecule has 4 aromatic rings. The van der Waals surface area contributed by atoms with Crippen LogP contribution < -0.4 is 11.4 Å². The number of fused-ring (bicyclic) bond motifs is 2. The fourth-order valence-corrected chi connectivity index (χ4v) is 4.48. The maximum absolute atomic E-state index is 14.2. The molecule has 0 spiro atoms. The second-order valence-electron chi connectivity index (χ2n) is 9.29. The van der Waals surface area contributed by atoms with Crippen LogP contribution in [0.15, 0.2) is 59.4 Å². The van der Waals surface area contributed by atoms with Crippen molar-refractivity contribution in [2.75, 3.05) is 19.6 Å². The Labute approximate surface area is 235 Å². The van der Waals surface area contributed by atoms with Crippen LogP contribution >= 0.6 is 0 Å². The summed E-state index contributed by atoms with van der Waals surface area (Å²) in [4.78, 5) is 36.4. The summed E-state index contributed by atoms with van der Waals surface area (Å²) in [5.74, 6) is -3.74. The molecule has 226 valence electrons. The number of carbonyl (C=O) groups excluding carboxylic acids is 1. The third-order valence-corrected chi connectivity index (χ3v) is 6.63. The molecule has 1 aromatic heterocycles. The lowest BCUT2D eigenvalue weighted by Gasteiger charge is -2.18.